The molecule has 0 aliphatic heterocycles. The van der Waals surface area contributed by atoms with Crippen LogP contribution in [0.3, 0.4) is 0 Å². The summed E-state index contributed by atoms with van der Waals surface area (Å²) >= 11 is 1.35. The van der Waals surface area contributed by atoms with Crippen molar-refractivity contribution < 1.29 is 23.7 Å². The van der Waals surface area contributed by atoms with Gasteiger partial charge in [0, 0.05) is 17.3 Å². The lowest BCUT2D eigenvalue weighted by molar-refractivity contribution is -0.118. The van der Waals surface area contributed by atoms with Crippen LogP contribution in [0.2, 0.25) is 0 Å². The van der Waals surface area contributed by atoms with Crippen LogP contribution in [0, 0.1) is 5.92 Å². The van der Waals surface area contributed by atoms with Crippen LogP contribution in [-0.4, -0.2) is 44.8 Å². The maximum atomic E-state index is 12.6. The van der Waals surface area contributed by atoms with Crippen LogP contribution >= 0.6 is 11.5 Å². The van der Waals surface area contributed by atoms with E-state index in [1.54, 1.807) is 34.6 Å². The summed E-state index contributed by atoms with van der Waals surface area (Å²) in [5.74, 6) is 1.90. The quantitative estimate of drug-likeness (QED) is 0.475. The van der Waals surface area contributed by atoms with E-state index in [9.17, 15) is 4.79 Å². The molecule has 0 unspecified atom stereocenters. The molecule has 0 saturated carbocycles. The van der Waals surface area contributed by atoms with E-state index < -0.39 is 6.04 Å². The number of amides is 1. The molecule has 176 valence electrons. The molecule has 33 heavy (non-hydrogen) atoms. The summed E-state index contributed by atoms with van der Waals surface area (Å²) in [7, 11) is 6.28. The van der Waals surface area contributed by atoms with Crippen molar-refractivity contribution in [2.45, 2.75) is 19.9 Å². The molecule has 0 aliphatic carbocycles. The summed E-state index contributed by atoms with van der Waals surface area (Å²) in [5, 5.41) is 2.89. The summed E-state index contributed by atoms with van der Waals surface area (Å²) < 4.78 is 26.3. The highest BCUT2D eigenvalue weighted by atomic mass is 32.1. The SMILES string of the molecule is COc1ccc(-c2cnsc2-c2cc(OC)c(OC)c(OC)c2)cc1NC(=O)[C@@H](N)C(C)C. The van der Waals surface area contributed by atoms with Crippen molar-refractivity contribution in [3.63, 3.8) is 0 Å². The smallest absolute Gasteiger partial charge is 0.241 e. The Bertz CT molecular complexity index is 1100. The first-order valence-electron chi connectivity index (χ1n) is 10.3. The van der Waals surface area contributed by atoms with E-state index in [1.807, 2.05) is 44.2 Å². The Balaban J connectivity index is 2.06. The molecule has 1 aromatic heterocycles. The fourth-order valence-corrected chi connectivity index (χ4v) is 4.11. The van der Waals surface area contributed by atoms with Gasteiger partial charge in [0.15, 0.2) is 11.5 Å². The van der Waals surface area contributed by atoms with Crippen LogP contribution < -0.4 is 30.0 Å². The van der Waals surface area contributed by atoms with Crippen LogP contribution in [0.4, 0.5) is 5.69 Å². The molecule has 8 nitrogen and oxygen atoms in total. The van der Waals surface area contributed by atoms with Gasteiger partial charge in [-0.3, -0.25) is 4.79 Å². The number of ether oxygens (including phenoxy) is 4. The van der Waals surface area contributed by atoms with E-state index in [0.29, 0.717) is 28.7 Å². The normalized spacial score (nSPS) is 11.8. The van der Waals surface area contributed by atoms with Crippen molar-refractivity contribution in [3.05, 3.63) is 36.5 Å². The monoisotopic (exact) mass is 471 g/mol. The predicted octanol–water partition coefficient (Wildman–Crippen LogP) is 4.43. The third-order valence-electron chi connectivity index (χ3n) is 5.29. The molecule has 0 fully saturated rings. The average Bonchev–Trinajstić information content (AvgIpc) is 3.32. The van der Waals surface area contributed by atoms with E-state index >= 15 is 0 Å². The number of rotatable bonds is 9. The minimum Gasteiger partial charge on any atom is -0.495 e. The van der Waals surface area contributed by atoms with Gasteiger partial charge < -0.3 is 30.0 Å². The number of carbonyl (C=O) groups is 1. The molecule has 0 aliphatic rings. The first-order chi connectivity index (χ1) is 15.8. The van der Waals surface area contributed by atoms with Gasteiger partial charge in [0.05, 0.1) is 45.0 Å². The second kappa shape index (κ2) is 10.5. The molecule has 3 rings (SSSR count). The van der Waals surface area contributed by atoms with Gasteiger partial charge in [-0.05, 0) is 47.3 Å². The fourth-order valence-electron chi connectivity index (χ4n) is 3.36. The van der Waals surface area contributed by atoms with Crippen LogP contribution in [-0.2, 0) is 4.79 Å². The highest BCUT2D eigenvalue weighted by Gasteiger charge is 2.21. The molecule has 0 saturated heterocycles. The summed E-state index contributed by atoms with van der Waals surface area (Å²) in [4.78, 5) is 13.5. The zero-order chi connectivity index (χ0) is 24.1. The van der Waals surface area contributed by atoms with Gasteiger partial charge in [-0.2, -0.15) is 4.37 Å². The van der Waals surface area contributed by atoms with Gasteiger partial charge in [-0.1, -0.05) is 19.9 Å². The second-order valence-corrected chi connectivity index (χ2v) is 8.46. The average molecular weight is 472 g/mol. The minimum atomic E-state index is -0.629. The highest BCUT2D eigenvalue weighted by molar-refractivity contribution is 7.10. The molecule has 0 bridgehead atoms. The highest BCUT2D eigenvalue weighted by Crippen LogP contribution is 2.45. The van der Waals surface area contributed by atoms with Crippen LogP contribution in [0.15, 0.2) is 36.5 Å². The molecular weight excluding hydrogens is 442 g/mol. The lowest BCUT2D eigenvalue weighted by Gasteiger charge is -2.18. The Morgan fingerprint density at radius 2 is 1.58 bits per heavy atom. The van der Waals surface area contributed by atoms with Crippen molar-refractivity contribution in [1.29, 1.82) is 0 Å². The first kappa shape index (κ1) is 24.3. The van der Waals surface area contributed by atoms with E-state index in [-0.39, 0.29) is 11.8 Å². The van der Waals surface area contributed by atoms with Gasteiger partial charge in [-0.15, -0.1) is 0 Å². The largest absolute Gasteiger partial charge is 0.495 e. The number of nitrogens with two attached hydrogens (primary N) is 1. The Morgan fingerprint density at radius 1 is 0.939 bits per heavy atom. The van der Waals surface area contributed by atoms with Gasteiger partial charge in [0.1, 0.15) is 5.75 Å². The maximum absolute atomic E-state index is 12.6. The molecular formula is C24H29N3O5S. The number of hydrogen-bond donors (Lipinski definition) is 2. The topological polar surface area (TPSA) is 105 Å². The first-order valence-corrected chi connectivity index (χ1v) is 11.1. The molecule has 9 heteroatoms. The summed E-state index contributed by atoms with van der Waals surface area (Å²) in [6, 6.07) is 8.72. The third kappa shape index (κ3) is 5.04. The minimum absolute atomic E-state index is 0.00638. The number of anilines is 1. The predicted molar refractivity (Wildman–Crippen MR) is 131 cm³/mol. The Morgan fingerprint density at radius 3 is 2.12 bits per heavy atom. The molecule has 3 N–H and O–H groups in total. The Kier molecular flexibility index (Phi) is 7.78. The molecule has 3 aromatic rings. The van der Waals surface area contributed by atoms with Crippen molar-refractivity contribution >= 4 is 23.1 Å². The van der Waals surface area contributed by atoms with Gasteiger partial charge in [0.25, 0.3) is 0 Å². The maximum Gasteiger partial charge on any atom is 0.241 e. The molecule has 1 atom stereocenters. The zero-order valence-electron chi connectivity index (χ0n) is 19.6. The summed E-state index contributed by atoms with van der Waals surface area (Å²) in [6.45, 7) is 3.80. The van der Waals surface area contributed by atoms with Crippen molar-refractivity contribution in [2.75, 3.05) is 33.8 Å². The number of carbonyl (C=O) groups excluding carboxylic acids is 1. The van der Waals surface area contributed by atoms with E-state index in [2.05, 4.69) is 9.69 Å². The number of hydrogen-bond acceptors (Lipinski definition) is 8. The lowest BCUT2D eigenvalue weighted by atomic mass is 10.0. The molecule has 2 aromatic carbocycles. The number of methoxy groups -OCH3 is 4. The van der Waals surface area contributed by atoms with E-state index in [1.165, 1.54) is 11.5 Å². The van der Waals surface area contributed by atoms with Gasteiger partial charge in [0.2, 0.25) is 11.7 Å². The van der Waals surface area contributed by atoms with Gasteiger partial charge in [-0.25, -0.2) is 0 Å². The second-order valence-electron chi connectivity index (χ2n) is 7.66. The molecule has 1 amide bonds. The van der Waals surface area contributed by atoms with Crippen LogP contribution in [0.1, 0.15) is 13.8 Å². The van der Waals surface area contributed by atoms with Crippen molar-refractivity contribution in [2.24, 2.45) is 11.7 Å². The Hall–Kier alpha value is -3.30. The van der Waals surface area contributed by atoms with E-state index in [4.69, 9.17) is 24.7 Å². The van der Waals surface area contributed by atoms with E-state index in [0.717, 1.165) is 21.6 Å². The van der Waals surface area contributed by atoms with Crippen molar-refractivity contribution in [1.82, 2.24) is 4.37 Å². The Labute approximate surface area is 197 Å². The van der Waals surface area contributed by atoms with Crippen molar-refractivity contribution in [3.8, 4) is 44.6 Å². The summed E-state index contributed by atoms with van der Waals surface area (Å²) in [6.07, 6.45) is 1.79. The zero-order valence-corrected chi connectivity index (χ0v) is 20.4. The van der Waals surface area contributed by atoms with Crippen LogP contribution in [0.5, 0.6) is 23.0 Å². The van der Waals surface area contributed by atoms with Gasteiger partial charge >= 0.3 is 0 Å². The number of aromatic nitrogens is 1. The number of nitrogens with zero attached hydrogens (tertiary/aromatic N) is 1. The number of nitrogens with one attached hydrogen (secondary N) is 1. The molecule has 0 radical (unpaired) electrons. The molecule has 0 spiro atoms. The number of benzene rings is 2. The third-order valence-corrected chi connectivity index (χ3v) is 6.14. The summed E-state index contributed by atoms with van der Waals surface area (Å²) in [5.41, 5.74) is 9.17. The standard InChI is InChI=1S/C24H29N3O5S/c1-13(2)21(25)24(28)27-17-9-14(7-8-18(17)29-3)16-12-26-33-23(16)15-10-19(30-4)22(32-6)20(11-15)31-5/h7-13,21H,25H2,1-6H3,(H,27,28)/t21-/m0/s1. The van der Waals surface area contributed by atoms with Crippen LogP contribution in [0.25, 0.3) is 21.6 Å². The fraction of sp³-hybridized carbons (Fsp3) is 0.333. The lowest BCUT2D eigenvalue weighted by Crippen LogP contribution is -2.39. The molecule has 1 heterocycles.